The summed E-state index contributed by atoms with van der Waals surface area (Å²) in [7, 11) is 0. The smallest absolute Gasteiger partial charge is 0.269 e. The van der Waals surface area contributed by atoms with E-state index in [2.05, 4.69) is 20.4 Å². The number of pyridine rings is 1. The molecule has 162 valence electrons. The molecule has 0 spiro atoms. The maximum Gasteiger partial charge on any atom is 0.269 e. The first-order chi connectivity index (χ1) is 15.4. The van der Waals surface area contributed by atoms with Gasteiger partial charge >= 0.3 is 0 Å². The predicted octanol–water partition coefficient (Wildman–Crippen LogP) is 2.03. The van der Waals surface area contributed by atoms with E-state index >= 15 is 0 Å². The molecule has 3 heterocycles. The quantitative estimate of drug-likeness (QED) is 0.256. The van der Waals surface area contributed by atoms with Crippen LogP contribution >= 0.6 is 11.6 Å². The van der Waals surface area contributed by atoms with Gasteiger partial charge in [0.25, 0.3) is 17.2 Å². The minimum absolute atomic E-state index is 0.0182. The predicted molar refractivity (Wildman–Crippen MR) is 116 cm³/mol. The summed E-state index contributed by atoms with van der Waals surface area (Å²) in [5.74, 6) is -0.302. The number of hydrogen-bond donors (Lipinski definition) is 1. The minimum Gasteiger partial charge on any atom is -0.350 e. The van der Waals surface area contributed by atoms with Crippen LogP contribution in [0.4, 0.5) is 5.69 Å². The third-order valence-corrected chi connectivity index (χ3v) is 4.94. The first-order valence-corrected chi connectivity index (χ1v) is 9.84. The lowest BCUT2D eigenvalue weighted by Crippen LogP contribution is -2.28. The Hall–Kier alpha value is -4.12. The topological polar surface area (TPSA) is 138 Å². The van der Waals surface area contributed by atoms with Gasteiger partial charge in [-0.2, -0.15) is 5.10 Å². The molecule has 4 rings (SSSR count). The molecule has 12 heteroatoms. The molecule has 4 aromatic rings. The van der Waals surface area contributed by atoms with Crippen molar-refractivity contribution in [1.82, 2.24) is 29.6 Å². The van der Waals surface area contributed by atoms with Crippen molar-refractivity contribution in [3.63, 3.8) is 0 Å². The number of carbonyl (C=O) groups excluding carboxylic acids is 1. The molecule has 0 aliphatic carbocycles. The first-order valence-electron chi connectivity index (χ1n) is 9.46. The average molecular weight is 454 g/mol. The Bertz CT molecular complexity index is 1350. The highest BCUT2D eigenvalue weighted by Gasteiger charge is 2.12. The van der Waals surface area contributed by atoms with Crippen molar-refractivity contribution in [3.8, 4) is 0 Å². The van der Waals surface area contributed by atoms with Crippen LogP contribution in [-0.2, 0) is 13.1 Å². The van der Waals surface area contributed by atoms with Crippen molar-refractivity contribution < 1.29 is 9.72 Å². The van der Waals surface area contributed by atoms with Gasteiger partial charge in [-0.15, -0.1) is 0 Å². The van der Waals surface area contributed by atoms with Gasteiger partial charge < -0.3 is 5.32 Å². The molecule has 1 N–H and O–H groups in total. The molecule has 0 radical (unpaired) electrons. The monoisotopic (exact) mass is 453 g/mol. The van der Waals surface area contributed by atoms with Crippen LogP contribution in [0, 0.1) is 10.1 Å². The van der Waals surface area contributed by atoms with E-state index in [1.54, 1.807) is 18.2 Å². The Morgan fingerprint density at radius 1 is 1.12 bits per heavy atom. The maximum atomic E-state index is 12.8. The first kappa shape index (κ1) is 21.1. The van der Waals surface area contributed by atoms with Crippen LogP contribution < -0.4 is 10.9 Å². The largest absolute Gasteiger partial charge is 0.350 e. The van der Waals surface area contributed by atoms with Crippen LogP contribution in [-0.4, -0.2) is 41.7 Å². The van der Waals surface area contributed by atoms with Crippen LogP contribution in [0.25, 0.3) is 11.0 Å². The zero-order chi connectivity index (χ0) is 22.7. The normalized spacial score (nSPS) is 10.9. The molecule has 0 saturated heterocycles. The van der Waals surface area contributed by atoms with E-state index in [1.807, 2.05) is 0 Å². The molecule has 0 atom stereocenters. The van der Waals surface area contributed by atoms with E-state index in [0.717, 1.165) is 5.56 Å². The van der Waals surface area contributed by atoms with Gasteiger partial charge in [-0.25, -0.2) is 14.6 Å². The summed E-state index contributed by atoms with van der Waals surface area (Å²) >= 11 is 5.72. The number of amides is 1. The van der Waals surface area contributed by atoms with Crippen molar-refractivity contribution in [2.45, 2.75) is 13.1 Å². The second-order valence-electron chi connectivity index (χ2n) is 6.83. The van der Waals surface area contributed by atoms with Gasteiger partial charge in [0.2, 0.25) is 0 Å². The lowest BCUT2D eigenvalue weighted by Gasteiger charge is -2.07. The summed E-state index contributed by atoms with van der Waals surface area (Å²) in [6.45, 7) is 0.803. The maximum absolute atomic E-state index is 12.8. The van der Waals surface area contributed by atoms with E-state index < -0.39 is 4.92 Å². The third-order valence-electron chi connectivity index (χ3n) is 4.72. The van der Waals surface area contributed by atoms with Gasteiger partial charge in [0.05, 0.1) is 29.8 Å². The number of aromatic nitrogens is 5. The Labute approximate surface area is 185 Å². The second-order valence-corrected chi connectivity index (χ2v) is 7.22. The average Bonchev–Trinajstić information content (AvgIpc) is 3.20. The molecule has 0 aliphatic rings. The van der Waals surface area contributed by atoms with Gasteiger partial charge in [0.15, 0.2) is 5.65 Å². The molecule has 0 fully saturated rings. The highest BCUT2D eigenvalue weighted by Crippen LogP contribution is 2.13. The van der Waals surface area contributed by atoms with Crippen LogP contribution in [0.3, 0.4) is 0 Å². The number of fused-ring (bicyclic) bond motifs is 1. The lowest BCUT2D eigenvalue weighted by molar-refractivity contribution is -0.384. The number of halogens is 1. The number of rotatable bonds is 7. The highest BCUT2D eigenvalue weighted by atomic mass is 35.5. The fourth-order valence-electron chi connectivity index (χ4n) is 3.08. The molecular weight excluding hydrogens is 438 g/mol. The van der Waals surface area contributed by atoms with Gasteiger partial charge in [-0.05, 0) is 17.7 Å². The number of hydrogen-bond acceptors (Lipinski definition) is 7. The van der Waals surface area contributed by atoms with E-state index in [9.17, 15) is 19.7 Å². The third kappa shape index (κ3) is 4.47. The molecule has 3 aromatic heterocycles. The summed E-state index contributed by atoms with van der Waals surface area (Å²) < 4.78 is 2.94. The van der Waals surface area contributed by atoms with Crippen molar-refractivity contribution >= 4 is 34.2 Å². The summed E-state index contributed by atoms with van der Waals surface area (Å²) in [5, 5.41) is 18.4. The van der Waals surface area contributed by atoms with E-state index in [0.29, 0.717) is 28.3 Å². The number of nitro groups is 1. The Kier molecular flexibility index (Phi) is 5.90. The molecule has 0 bridgehead atoms. The minimum atomic E-state index is -0.479. The Morgan fingerprint density at radius 2 is 1.91 bits per heavy atom. The van der Waals surface area contributed by atoms with E-state index in [4.69, 9.17) is 11.6 Å². The number of carbonyl (C=O) groups is 1. The molecule has 1 aromatic carbocycles. The second kappa shape index (κ2) is 8.94. The fourth-order valence-corrected chi connectivity index (χ4v) is 3.19. The number of non-ortho nitro benzene ring substituents is 1. The number of nitrogens with zero attached hydrogens (tertiary/aromatic N) is 6. The van der Waals surface area contributed by atoms with E-state index in [-0.39, 0.29) is 30.2 Å². The number of nitrogens with one attached hydrogen (secondary N) is 1. The molecule has 0 saturated carbocycles. The standard InChI is InChI=1S/C20H16ClN7O4/c21-17-6-3-14(9-23-17)19(29)22-7-8-27-18-16(10-25-27)20(30)26(12-24-18)11-13-1-4-15(5-2-13)28(31)32/h1-6,9-10,12H,7-8,11H2,(H,22,29). The fraction of sp³-hybridized carbons (Fsp3) is 0.150. The van der Waals surface area contributed by atoms with Crippen molar-refractivity contribution in [3.05, 3.63) is 91.9 Å². The molecule has 11 nitrogen and oxygen atoms in total. The Morgan fingerprint density at radius 3 is 2.59 bits per heavy atom. The molecule has 1 amide bonds. The molecule has 0 aliphatic heterocycles. The zero-order valence-electron chi connectivity index (χ0n) is 16.5. The van der Waals surface area contributed by atoms with Crippen molar-refractivity contribution in [2.75, 3.05) is 6.54 Å². The van der Waals surface area contributed by atoms with Gasteiger partial charge in [0, 0.05) is 24.9 Å². The van der Waals surface area contributed by atoms with Crippen LogP contribution in [0.2, 0.25) is 5.15 Å². The lowest BCUT2D eigenvalue weighted by atomic mass is 10.2. The van der Waals surface area contributed by atoms with Gasteiger partial charge in [-0.3, -0.25) is 24.3 Å². The SMILES string of the molecule is O=C(NCCn1ncc2c(=O)n(Cc3ccc([N+](=O)[O-])cc3)cnc21)c1ccc(Cl)nc1. The number of nitro benzene ring substituents is 1. The highest BCUT2D eigenvalue weighted by molar-refractivity contribution is 6.29. The summed E-state index contributed by atoms with van der Waals surface area (Å²) in [4.78, 5) is 43.4. The van der Waals surface area contributed by atoms with E-state index in [1.165, 1.54) is 46.2 Å². The number of benzene rings is 1. The zero-order valence-corrected chi connectivity index (χ0v) is 17.3. The molecular formula is C20H16ClN7O4. The van der Waals surface area contributed by atoms with Crippen LogP contribution in [0.5, 0.6) is 0 Å². The van der Waals surface area contributed by atoms with Crippen molar-refractivity contribution in [1.29, 1.82) is 0 Å². The summed E-state index contributed by atoms with van der Waals surface area (Å²) in [6, 6.07) is 9.07. The molecule has 0 unspecified atom stereocenters. The van der Waals surface area contributed by atoms with Crippen LogP contribution in [0.1, 0.15) is 15.9 Å². The molecule has 32 heavy (non-hydrogen) atoms. The summed E-state index contributed by atoms with van der Waals surface area (Å²) in [5.41, 5.74) is 1.21. The van der Waals surface area contributed by atoms with Crippen molar-refractivity contribution in [2.24, 2.45) is 0 Å². The van der Waals surface area contributed by atoms with Crippen LogP contribution in [0.15, 0.2) is 59.9 Å². The van der Waals surface area contributed by atoms with Gasteiger partial charge in [-0.1, -0.05) is 23.7 Å². The Balaban J connectivity index is 1.44. The van der Waals surface area contributed by atoms with Gasteiger partial charge in [0.1, 0.15) is 16.9 Å². The summed E-state index contributed by atoms with van der Waals surface area (Å²) in [6.07, 6.45) is 4.22.